The molecule has 0 aliphatic heterocycles. The number of hydrogen-bond acceptors (Lipinski definition) is 2. The van der Waals surface area contributed by atoms with Crippen molar-refractivity contribution in [3.63, 3.8) is 0 Å². The van der Waals surface area contributed by atoms with Crippen LogP contribution in [0.3, 0.4) is 0 Å². The van der Waals surface area contributed by atoms with Gasteiger partial charge in [-0.05, 0) is 54.8 Å². The molecule has 0 heterocycles. The molecule has 0 unspecified atom stereocenters. The lowest BCUT2D eigenvalue weighted by atomic mass is 9.97. The fourth-order valence-corrected chi connectivity index (χ4v) is 4.25. The number of alkyl halides is 3. The van der Waals surface area contributed by atoms with Gasteiger partial charge in [-0.3, -0.25) is 4.79 Å². The fraction of sp³-hybridized carbons (Fsp3) is 0.318. The lowest BCUT2D eigenvalue weighted by Gasteiger charge is -2.15. The second kappa shape index (κ2) is 8.46. The van der Waals surface area contributed by atoms with Crippen molar-refractivity contribution < 1.29 is 27.1 Å². The van der Waals surface area contributed by atoms with Crippen molar-refractivity contribution in [3.05, 3.63) is 68.9 Å². The molecule has 0 spiro atoms. The van der Waals surface area contributed by atoms with Crippen molar-refractivity contribution in [1.82, 2.24) is 0 Å². The number of rotatable bonds is 5. The van der Waals surface area contributed by atoms with Gasteiger partial charge in [-0.15, -0.1) is 0 Å². The lowest BCUT2D eigenvalue weighted by molar-refractivity contribution is -0.147. The van der Waals surface area contributed by atoms with Crippen LogP contribution in [-0.4, -0.2) is 5.97 Å². The topological polar surface area (TPSA) is 26.3 Å². The zero-order chi connectivity index (χ0) is 22.3. The van der Waals surface area contributed by atoms with Crippen molar-refractivity contribution >= 4 is 37.8 Å². The second-order valence-electron chi connectivity index (χ2n) is 7.71. The fourth-order valence-electron chi connectivity index (χ4n) is 3.68. The van der Waals surface area contributed by atoms with E-state index in [0.717, 1.165) is 9.46 Å². The van der Waals surface area contributed by atoms with Crippen molar-refractivity contribution in [3.8, 4) is 11.1 Å². The van der Waals surface area contributed by atoms with Gasteiger partial charge in [0.15, 0.2) is 0 Å². The molecular formula is C22H18Br2F4O2. The Kier molecular flexibility index (Phi) is 6.49. The molecule has 0 bridgehead atoms. The van der Waals surface area contributed by atoms with Gasteiger partial charge in [0.25, 0.3) is 0 Å². The number of halogens is 6. The molecule has 2 aromatic rings. The highest BCUT2D eigenvalue weighted by molar-refractivity contribution is 9.28. The van der Waals surface area contributed by atoms with Crippen LogP contribution in [0.4, 0.5) is 17.6 Å². The van der Waals surface area contributed by atoms with Crippen molar-refractivity contribution in [2.24, 2.45) is 17.3 Å². The Labute approximate surface area is 188 Å². The molecule has 2 atom stereocenters. The minimum atomic E-state index is -4.62. The molecule has 160 valence electrons. The van der Waals surface area contributed by atoms with E-state index >= 15 is 4.39 Å². The third kappa shape index (κ3) is 4.64. The van der Waals surface area contributed by atoms with Gasteiger partial charge < -0.3 is 4.74 Å². The molecule has 2 nitrogen and oxygen atoms in total. The normalized spacial score (nSPS) is 19.9. The summed E-state index contributed by atoms with van der Waals surface area (Å²) in [4.78, 5) is 12.5. The Balaban J connectivity index is 1.81. The predicted molar refractivity (Wildman–Crippen MR) is 113 cm³/mol. The quantitative estimate of drug-likeness (QED) is 0.286. The summed E-state index contributed by atoms with van der Waals surface area (Å²) in [6, 6.07) is 8.93. The zero-order valence-electron chi connectivity index (χ0n) is 16.1. The van der Waals surface area contributed by atoms with E-state index in [1.54, 1.807) is 0 Å². The molecule has 0 amide bonds. The van der Waals surface area contributed by atoms with Crippen LogP contribution in [0.2, 0.25) is 0 Å². The van der Waals surface area contributed by atoms with Gasteiger partial charge in [-0.25, -0.2) is 4.39 Å². The van der Waals surface area contributed by atoms with Crippen LogP contribution >= 0.6 is 31.9 Å². The Morgan fingerprint density at radius 3 is 2.37 bits per heavy atom. The summed E-state index contributed by atoms with van der Waals surface area (Å²) in [5.41, 5.74) is -1.65. The van der Waals surface area contributed by atoms with Gasteiger partial charge >= 0.3 is 12.1 Å². The van der Waals surface area contributed by atoms with Crippen molar-refractivity contribution in [1.29, 1.82) is 0 Å². The first-order chi connectivity index (χ1) is 13.9. The Bertz CT molecular complexity index is 995. The smallest absolute Gasteiger partial charge is 0.417 e. The molecule has 1 aliphatic rings. The highest BCUT2D eigenvalue weighted by Gasteiger charge is 2.61. The van der Waals surface area contributed by atoms with Crippen LogP contribution in [-0.2, 0) is 22.3 Å². The Morgan fingerprint density at radius 1 is 1.10 bits per heavy atom. The molecule has 8 heteroatoms. The van der Waals surface area contributed by atoms with E-state index in [1.807, 2.05) is 19.9 Å². The summed E-state index contributed by atoms with van der Waals surface area (Å²) in [5.74, 6) is -1.71. The molecule has 3 rings (SSSR count). The molecule has 0 N–H and O–H groups in total. The number of allylic oxidation sites excluding steroid dienone is 1. The van der Waals surface area contributed by atoms with E-state index in [-0.39, 0.29) is 40.5 Å². The van der Waals surface area contributed by atoms with E-state index < -0.39 is 23.5 Å². The van der Waals surface area contributed by atoms with Crippen LogP contribution in [0.25, 0.3) is 11.1 Å². The first-order valence-corrected chi connectivity index (χ1v) is 10.7. The summed E-state index contributed by atoms with van der Waals surface area (Å²) in [6.07, 6.45) is -2.75. The Morgan fingerprint density at radius 2 is 1.73 bits per heavy atom. The maximum atomic E-state index is 15.0. The van der Waals surface area contributed by atoms with Gasteiger partial charge in [0.05, 0.1) is 14.9 Å². The molecule has 1 saturated carbocycles. The van der Waals surface area contributed by atoms with Gasteiger partial charge in [-0.1, -0.05) is 56.3 Å². The third-order valence-corrected chi connectivity index (χ3v) is 5.97. The summed E-state index contributed by atoms with van der Waals surface area (Å²) in [5, 5.41) is 0. The first kappa shape index (κ1) is 23.0. The van der Waals surface area contributed by atoms with E-state index in [1.165, 1.54) is 36.4 Å². The number of carbonyl (C=O) groups excluding carboxylic acids is 1. The van der Waals surface area contributed by atoms with E-state index in [4.69, 9.17) is 4.74 Å². The van der Waals surface area contributed by atoms with Gasteiger partial charge in [0.1, 0.15) is 12.4 Å². The molecule has 30 heavy (non-hydrogen) atoms. The predicted octanol–water partition coefficient (Wildman–Crippen LogP) is 7.46. The van der Waals surface area contributed by atoms with Crippen LogP contribution in [0.1, 0.15) is 25.0 Å². The Hall–Kier alpha value is -1.67. The van der Waals surface area contributed by atoms with Crippen LogP contribution < -0.4 is 0 Å². The maximum absolute atomic E-state index is 15.0. The summed E-state index contributed by atoms with van der Waals surface area (Å²) < 4.78 is 61.0. The monoisotopic (exact) mass is 548 g/mol. The molecule has 0 saturated heterocycles. The lowest BCUT2D eigenvalue weighted by Crippen LogP contribution is -2.12. The molecule has 0 radical (unpaired) electrons. The van der Waals surface area contributed by atoms with E-state index in [2.05, 4.69) is 31.9 Å². The molecular weight excluding hydrogens is 532 g/mol. The average Bonchev–Trinajstić information content (AvgIpc) is 3.19. The van der Waals surface area contributed by atoms with Gasteiger partial charge in [0.2, 0.25) is 0 Å². The minimum Gasteiger partial charge on any atom is -0.460 e. The number of carbonyl (C=O) groups is 1. The molecule has 2 aromatic carbocycles. The number of esters is 1. The zero-order valence-corrected chi connectivity index (χ0v) is 19.2. The van der Waals surface area contributed by atoms with E-state index in [9.17, 15) is 18.0 Å². The molecule has 1 aliphatic carbocycles. The molecule has 1 fully saturated rings. The summed E-state index contributed by atoms with van der Waals surface area (Å²) >= 11 is 6.55. The number of ether oxygens (including phenoxy) is 1. The SMILES string of the molecule is CC1(C)[C@H](C(=O)OCc2cccc(-c3ccccc3C(F)(F)F)c2F)[C@@H]1C=C(Br)Br. The van der Waals surface area contributed by atoms with Crippen LogP contribution in [0.5, 0.6) is 0 Å². The maximum Gasteiger partial charge on any atom is 0.417 e. The van der Waals surface area contributed by atoms with E-state index in [0.29, 0.717) is 0 Å². The largest absolute Gasteiger partial charge is 0.460 e. The standard InChI is InChI=1S/C22H18Br2F4O2/c1-21(2)16(10-17(23)24)18(21)20(29)30-11-12-6-5-8-14(19(12)25)13-7-3-4-9-15(13)22(26,27)28/h3-10,16,18H,11H2,1-2H3/t16-,18-/m0/s1. The summed E-state index contributed by atoms with van der Waals surface area (Å²) in [7, 11) is 0. The number of hydrogen-bond donors (Lipinski definition) is 0. The molecule has 0 aromatic heterocycles. The highest BCUT2D eigenvalue weighted by Crippen LogP contribution is 2.60. The third-order valence-electron chi connectivity index (χ3n) is 5.44. The highest BCUT2D eigenvalue weighted by atomic mass is 79.9. The van der Waals surface area contributed by atoms with Crippen molar-refractivity contribution in [2.75, 3.05) is 0 Å². The van der Waals surface area contributed by atoms with Gasteiger partial charge in [0, 0.05) is 11.1 Å². The second-order valence-corrected chi connectivity index (χ2v) is 10.5. The van der Waals surface area contributed by atoms with Crippen molar-refractivity contribution in [2.45, 2.75) is 26.6 Å². The first-order valence-electron chi connectivity index (χ1n) is 9.08. The minimum absolute atomic E-state index is 0.0186. The number of benzene rings is 2. The average molecular weight is 550 g/mol. The van der Waals surface area contributed by atoms with Crippen LogP contribution in [0.15, 0.2) is 51.9 Å². The van der Waals surface area contributed by atoms with Gasteiger partial charge in [-0.2, -0.15) is 13.2 Å². The summed E-state index contributed by atoms with van der Waals surface area (Å²) in [6.45, 7) is 3.50. The van der Waals surface area contributed by atoms with Crippen LogP contribution in [0, 0.1) is 23.1 Å².